The van der Waals surface area contributed by atoms with E-state index in [1.165, 1.54) is 51.5 Å². The van der Waals surface area contributed by atoms with Gasteiger partial charge in [-0.3, -0.25) is 0 Å². The van der Waals surface area contributed by atoms with Gasteiger partial charge in [0.15, 0.2) is 0 Å². The van der Waals surface area contributed by atoms with Crippen LogP contribution >= 0.6 is 0 Å². The normalized spacial score (nSPS) is 31.6. The summed E-state index contributed by atoms with van der Waals surface area (Å²) in [4.78, 5) is 0. The average molecular weight is 294 g/mol. The molecule has 0 saturated heterocycles. The van der Waals surface area contributed by atoms with E-state index in [1.54, 1.807) is 12.8 Å². The molecule has 0 amide bonds. The summed E-state index contributed by atoms with van der Waals surface area (Å²) in [6.07, 6.45) is 13.2. The van der Waals surface area contributed by atoms with Crippen molar-refractivity contribution in [3.05, 3.63) is 0 Å². The largest absolute Gasteiger partial charge is 0.312 e. The first-order chi connectivity index (χ1) is 9.87. The van der Waals surface area contributed by atoms with Crippen molar-refractivity contribution in [2.45, 2.75) is 97.9 Å². The average Bonchev–Trinajstić information content (AvgIpc) is 3.03. The van der Waals surface area contributed by atoms with Crippen LogP contribution < -0.4 is 5.32 Å². The first-order valence-electron chi connectivity index (χ1n) is 9.62. The lowest BCUT2D eigenvalue weighted by Crippen LogP contribution is -2.45. The lowest BCUT2D eigenvalue weighted by molar-refractivity contribution is 0.134. The standard InChI is InChI=1S/C20H39N/c1-6-8-11-20(7-2,15-21-19(3,4)5)14-18-13-16-9-10-17(18)12-16/h16-18,21H,6-15H2,1-5H3. The molecular formula is C20H39N. The molecule has 4 atom stereocenters. The highest BCUT2D eigenvalue weighted by Gasteiger charge is 2.43. The highest BCUT2D eigenvalue weighted by atomic mass is 15.0. The zero-order chi connectivity index (χ0) is 15.5. The summed E-state index contributed by atoms with van der Waals surface area (Å²) < 4.78 is 0. The van der Waals surface area contributed by atoms with Crippen molar-refractivity contribution in [2.24, 2.45) is 23.2 Å². The van der Waals surface area contributed by atoms with E-state index >= 15 is 0 Å². The topological polar surface area (TPSA) is 12.0 Å². The Balaban J connectivity index is 1.99. The summed E-state index contributed by atoms with van der Waals surface area (Å²) in [5.74, 6) is 3.22. The summed E-state index contributed by atoms with van der Waals surface area (Å²) in [5, 5.41) is 3.84. The Hall–Kier alpha value is -0.0400. The molecule has 0 aliphatic heterocycles. The zero-order valence-electron chi connectivity index (χ0n) is 15.3. The van der Waals surface area contributed by atoms with Crippen LogP contribution in [0.15, 0.2) is 0 Å². The number of rotatable bonds is 8. The number of fused-ring (bicyclic) bond motifs is 2. The smallest absolute Gasteiger partial charge is 0.00967 e. The lowest BCUT2D eigenvalue weighted by Gasteiger charge is -2.40. The Morgan fingerprint density at radius 2 is 1.81 bits per heavy atom. The van der Waals surface area contributed by atoms with Crippen LogP contribution in [0, 0.1) is 23.2 Å². The predicted molar refractivity (Wildman–Crippen MR) is 93.6 cm³/mol. The van der Waals surface area contributed by atoms with Crippen molar-refractivity contribution < 1.29 is 0 Å². The highest BCUT2D eigenvalue weighted by molar-refractivity contribution is 4.95. The summed E-state index contributed by atoms with van der Waals surface area (Å²) >= 11 is 0. The number of hydrogen-bond acceptors (Lipinski definition) is 1. The van der Waals surface area contributed by atoms with Crippen molar-refractivity contribution >= 4 is 0 Å². The molecule has 1 heteroatoms. The van der Waals surface area contributed by atoms with Crippen LogP contribution in [0.25, 0.3) is 0 Å². The third-order valence-electron chi connectivity index (χ3n) is 6.38. The highest BCUT2D eigenvalue weighted by Crippen LogP contribution is 2.53. The van der Waals surface area contributed by atoms with E-state index in [4.69, 9.17) is 0 Å². The maximum atomic E-state index is 3.84. The molecule has 2 aliphatic carbocycles. The van der Waals surface area contributed by atoms with Gasteiger partial charge in [0.05, 0.1) is 0 Å². The van der Waals surface area contributed by atoms with Gasteiger partial charge in [0.25, 0.3) is 0 Å². The van der Waals surface area contributed by atoms with Gasteiger partial charge in [0.2, 0.25) is 0 Å². The Morgan fingerprint density at radius 1 is 1.05 bits per heavy atom. The number of nitrogens with one attached hydrogen (secondary N) is 1. The molecule has 21 heavy (non-hydrogen) atoms. The molecule has 2 fully saturated rings. The monoisotopic (exact) mass is 293 g/mol. The first kappa shape index (κ1) is 17.3. The van der Waals surface area contributed by atoms with E-state index in [1.807, 2.05) is 0 Å². The van der Waals surface area contributed by atoms with Gasteiger partial charge in [-0.25, -0.2) is 0 Å². The molecule has 2 bridgehead atoms. The third-order valence-corrected chi connectivity index (χ3v) is 6.38. The Labute approximate surface area is 133 Å². The molecule has 2 rings (SSSR count). The van der Waals surface area contributed by atoms with Crippen LogP contribution in [0.1, 0.15) is 92.4 Å². The summed E-state index contributed by atoms with van der Waals surface area (Å²) in [5.41, 5.74) is 0.805. The Kier molecular flexibility index (Phi) is 5.79. The fourth-order valence-electron chi connectivity index (χ4n) is 4.90. The second kappa shape index (κ2) is 7.02. The summed E-state index contributed by atoms with van der Waals surface area (Å²) in [6, 6.07) is 0. The number of unbranched alkanes of at least 4 members (excludes halogenated alkanes) is 1. The molecule has 2 saturated carbocycles. The van der Waals surface area contributed by atoms with Crippen molar-refractivity contribution in [3.63, 3.8) is 0 Å². The number of hydrogen-bond donors (Lipinski definition) is 1. The Morgan fingerprint density at radius 3 is 2.29 bits per heavy atom. The van der Waals surface area contributed by atoms with E-state index in [0.717, 1.165) is 17.8 Å². The Bertz CT molecular complexity index is 316. The van der Waals surface area contributed by atoms with E-state index in [-0.39, 0.29) is 5.54 Å². The van der Waals surface area contributed by atoms with Crippen LogP contribution in [-0.4, -0.2) is 12.1 Å². The molecule has 4 unspecified atom stereocenters. The summed E-state index contributed by atoms with van der Waals surface area (Å²) in [6.45, 7) is 12.9. The second-order valence-electron chi connectivity index (χ2n) is 9.20. The third kappa shape index (κ3) is 4.71. The van der Waals surface area contributed by atoms with E-state index in [2.05, 4.69) is 39.9 Å². The van der Waals surface area contributed by atoms with Gasteiger partial charge < -0.3 is 5.32 Å². The predicted octanol–water partition coefficient (Wildman–Crippen LogP) is 5.79. The molecule has 124 valence electrons. The molecule has 0 radical (unpaired) electrons. The fourth-order valence-corrected chi connectivity index (χ4v) is 4.90. The van der Waals surface area contributed by atoms with Crippen LogP contribution in [0.5, 0.6) is 0 Å². The van der Waals surface area contributed by atoms with Crippen molar-refractivity contribution in [2.75, 3.05) is 6.54 Å². The maximum absolute atomic E-state index is 3.84. The van der Waals surface area contributed by atoms with E-state index in [0.29, 0.717) is 5.41 Å². The lowest BCUT2D eigenvalue weighted by atomic mass is 9.69. The van der Waals surface area contributed by atoms with Gasteiger partial charge >= 0.3 is 0 Å². The van der Waals surface area contributed by atoms with E-state index in [9.17, 15) is 0 Å². The van der Waals surface area contributed by atoms with Gasteiger partial charge in [-0.1, -0.05) is 33.1 Å². The molecule has 0 heterocycles. The summed E-state index contributed by atoms with van der Waals surface area (Å²) in [7, 11) is 0. The molecule has 0 aromatic rings. The molecular weight excluding hydrogens is 254 g/mol. The van der Waals surface area contributed by atoms with Crippen molar-refractivity contribution in [3.8, 4) is 0 Å². The van der Waals surface area contributed by atoms with Gasteiger partial charge in [-0.05, 0) is 82.5 Å². The fraction of sp³-hybridized carbons (Fsp3) is 1.00. The van der Waals surface area contributed by atoms with Gasteiger partial charge in [-0.15, -0.1) is 0 Å². The van der Waals surface area contributed by atoms with Gasteiger partial charge in [-0.2, -0.15) is 0 Å². The quantitative estimate of drug-likeness (QED) is 0.597. The zero-order valence-corrected chi connectivity index (χ0v) is 15.3. The van der Waals surface area contributed by atoms with Gasteiger partial charge in [0, 0.05) is 12.1 Å². The molecule has 0 aromatic heterocycles. The minimum atomic E-state index is 0.251. The first-order valence-corrected chi connectivity index (χ1v) is 9.62. The second-order valence-corrected chi connectivity index (χ2v) is 9.20. The van der Waals surface area contributed by atoms with Crippen LogP contribution in [0.2, 0.25) is 0 Å². The molecule has 0 spiro atoms. The minimum Gasteiger partial charge on any atom is -0.312 e. The van der Waals surface area contributed by atoms with E-state index < -0.39 is 0 Å². The van der Waals surface area contributed by atoms with Crippen LogP contribution in [0.4, 0.5) is 0 Å². The van der Waals surface area contributed by atoms with Crippen molar-refractivity contribution in [1.82, 2.24) is 5.32 Å². The SMILES string of the molecule is CCCCC(CC)(CNC(C)(C)C)CC1CC2CCC1C2. The minimum absolute atomic E-state index is 0.251. The molecule has 1 nitrogen and oxygen atoms in total. The van der Waals surface area contributed by atoms with Crippen LogP contribution in [0.3, 0.4) is 0 Å². The molecule has 0 aromatic carbocycles. The molecule has 2 aliphatic rings. The van der Waals surface area contributed by atoms with Crippen molar-refractivity contribution in [1.29, 1.82) is 0 Å². The molecule has 1 N–H and O–H groups in total. The van der Waals surface area contributed by atoms with Gasteiger partial charge in [0.1, 0.15) is 0 Å². The maximum Gasteiger partial charge on any atom is 0.00967 e. The van der Waals surface area contributed by atoms with Crippen LogP contribution in [-0.2, 0) is 0 Å².